The molecule has 1 saturated carbocycles. The van der Waals surface area contributed by atoms with Crippen molar-refractivity contribution in [2.24, 2.45) is 5.92 Å². The fourth-order valence-electron chi connectivity index (χ4n) is 7.29. The minimum atomic E-state index is -0.738. The van der Waals surface area contributed by atoms with Crippen molar-refractivity contribution in [2.45, 2.75) is 82.8 Å². The molecule has 3 fully saturated rings. The first-order valence-corrected chi connectivity index (χ1v) is 18.0. The van der Waals surface area contributed by atoms with Crippen LogP contribution in [0.3, 0.4) is 0 Å². The molecule has 3 heterocycles. The Labute approximate surface area is 289 Å². The number of hydrogen-bond acceptors (Lipinski definition) is 7. The third-order valence-corrected chi connectivity index (χ3v) is 11.3. The minimum absolute atomic E-state index is 0.00638. The lowest BCUT2D eigenvalue weighted by atomic mass is 9.87. The molecule has 3 aromatic rings. The summed E-state index contributed by atoms with van der Waals surface area (Å²) >= 11 is 14.8. The van der Waals surface area contributed by atoms with Gasteiger partial charge in [0.1, 0.15) is 0 Å². The van der Waals surface area contributed by atoms with E-state index in [2.05, 4.69) is 24.1 Å². The predicted molar refractivity (Wildman–Crippen MR) is 185 cm³/mol. The molecule has 252 valence electrons. The van der Waals surface area contributed by atoms with Gasteiger partial charge < -0.3 is 24.8 Å². The number of ether oxygens (including phenoxy) is 2. The minimum Gasteiger partial charge on any atom is -0.481 e. The highest BCUT2D eigenvalue weighted by Crippen LogP contribution is 2.34. The number of carbonyl (C=O) groups excluding carboxylic acids is 2. The Hall–Kier alpha value is -2.73. The van der Waals surface area contributed by atoms with Crippen LogP contribution in [0.25, 0.3) is 10.1 Å². The van der Waals surface area contributed by atoms with Gasteiger partial charge in [-0.15, -0.1) is 11.3 Å². The van der Waals surface area contributed by atoms with E-state index in [9.17, 15) is 19.5 Å². The van der Waals surface area contributed by atoms with Crippen LogP contribution in [0.2, 0.25) is 10.0 Å². The highest BCUT2D eigenvalue weighted by Gasteiger charge is 2.40. The van der Waals surface area contributed by atoms with Crippen LogP contribution in [0.15, 0.2) is 41.8 Å². The number of carbonyl (C=O) groups is 3. The van der Waals surface area contributed by atoms with Gasteiger partial charge in [0.25, 0.3) is 5.91 Å². The summed E-state index contributed by atoms with van der Waals surface area (Å²) in [6, 6.07) is 11.0. The Morgan fingerprint density at radius 1 is 1.02 bits per heavy atom. The fraction of sp³-hybridized carbons (Fsp3) is 0.514. The lowest BCUT2D eigenvalue weighted by molar-refractivity contribution is -0.144. The number of nitrogens with zero attached hydrogens (tertiary/aromatic N) is 2. The number of rotatable bonds is 9. The largest absolute Gasteiger partial charge is 0.481 e. The highest BCUT2D eigenvalue weighted by molar-refractivity contribution is 7.17. The lowest BCUT2D eigenvalue weighted by Crippen LogP contribution is -2.51. The maximum atomic E-state index is 13.9. The third kappa shape index (κ3) is 7.95. The summed E-state index contributed by atoms with van der Waals surface area (Å²) in [5.74, 6) is -1.39. The van der Waals surface area contributed by atoms with E-state index in [1.165, 1.54) is 11.3 Å². The van der Waals surface area contributed by atoms with Crippen LogP contribution in [-0.2, 0) is 25.5 Å². The molecule has 2 amide bonds. The SMILES string of the molecule is C[C@@H]1CN([C@H]2C[C@@H](CO[C@H]3CC[C@H](C(=O)O)CC3)N(C(=O)Cc3cc(Cl)c(NC(=O)c4csc5ccccc45)cc3Cl)C2)C[C@H](C)O1. The zero-order valence-electron chi connectivity index (χ0n) is 26.6. The van der Waals surface area contributed by atoms with Crippen LogP contribution in [0.4, 0.5) is 5.69 Å². The van der Waals surface area contributed by atoms with Crippen LogP contribution in [-0.4, -0.2) is 89.3 Å². The number of fused-ring (bicyclic) bond motifs is 1. The van der Waals surface area contributed by atoms with Gasteiger partial charge in [-0.3, -0.25) is 19.3 Å². The van der Waals surface area contributed by atoms with Crippen LogP contribution in [0, 0.1) is 5.92 Å². The Bertz CT molecular complexity index is 1620. The number of halogens is 2. The molecule has 3 aliphatic rings. The standard InChI is InChI=1S/C35H41Cl2N3O6S/c1-20-15-39(16-21(2)46-20)24-13-25(18-45-26-9-7-22(8-10-26)35(43)44)40(17-24)33(41)12-23-11-30(37)31(14-29(23)36)38-34(42)28-19-47-32-6-4-3-5-27(28)32/h3-6,11,14,19-22,24-26H,7-10,12-13,15-18H2,1-2H3,(H,38,42)(H,43,44)/t20-,21+,22-,24-,25-,26-/m0/s1. The van der Waals surface area contributed by atoms with Crippen molar-refractivity contribution in [1.82, 2.24) is 9.80 Å². The predicted octanol–water partition coefficient (Wildman–Crippen LogP) is 6.74. The molecule has 2 N–H and O–H groups in total. The van der Waals surface area contributed by atoms with Gasteiger partial charge in [-0.05, 0) is 69.7 Å². The highest BCUT2D eigenvalue weighted by atomic mass is 35.5. The normalized spacial score (nSPS) is 26.9. The Balaban J connectivity index is 1.14. The molecule has 1 aromatic heterocycles. The van der Waals surface area contributed by atoms with E-state index in [1.807, 2.05) is 34.5 Å². The number of benzene rings is 2. The van der Waals surface area contributed by atoms with E-state index >= 15 is 0 Å². The van der Waals surface area contributed by atoms with Gasteiger partial charge in [0.15, 0.2) is 0 Å². The topological polar surface area (TPSA) is 108 Å². The second kappa shape index (κ2) is 14.8. The number of carboxylic acid groups (broad SMARTS) is 1. The molecular formula is C35H41Cl2N3O6S. The number of aliphatic carboxylic acids is 1. The smallest absolute Gasteiger partial charge is 0.306 e. The zero-order valence-corrected chi connectivity index (χ0v) is 29.0. The van der Waals surface area contributed by atoms with Gasteiger partial charge >= 0.3 is 5.97 Å². The Morgan fingerprint density at radius 2 is 1.74 bits per heavy atom. The van der Waals surface area contributed by atoms with E-state index in [0.29, 0.717) is 65.7 Å². The summed E-state index contributed by atoms with van der Waals surface area (Å²) in [4.78, 5) is 42.8. The van der Waals surface area contributed by atoms with Crippen molar-refractivity contribution in [1.29, 1.82) is 0 Å². The number of anilines is 1. The summed E-state index contributed by atoms with van der Waals surface area (Å²) in [6.45, 7) is 6.74. The van der Waals surface area contributed by atoms with Crippen LogP contribution >= 0.6 is 34.5 Å². The quantitative estimate of drug-likeness (QED) is 0.254. The summed E-state index contributed by atoms with van der Waals surface area (Å²) in [7, 11) is 0. The molecular weight excluding hydrogens is 661 g/mol. The monoisotopic (exact) mass is 701 g/mol. The number of hydrogen-bond donors (Lipinski definition) is 2. The average Bonchev–Trinajstić information content (AvgIpc) is 3.67. The van der Waals surface area contributed by atoms with Crippen molar-refractivity contribution < 1.29 is 29.0 Å². The molecule has 47 heavy (non-hydrogen) atoms. The molecule has 0 spiro atoms. The van der Waals surface area contributed by atoms with Crippen molar-refractivity contribution >= 4 is 68.1 Å². The first-order valence-electron chi connectivity index (χ1n) is 16.3. The summed E-state index contributed by atoms with van der Waals surface area (Å²) < 4.78 is 13.3. The molecule has 6 rings (SSSR count). The fourth-order valence-corrected chi connectivity index (χ4v) is 8.69. The van der Waals surface area contributed by atoms with Crippen LogP contribution < -0.4 is 5.32 Å². The molecule has 0 unspecified atom stereocenters. The average molecular weight is 703 g/mol. The van der Waals surface area contributed by atoms with Crippen LogP contribution in [0.5, 0.6) is 0 Å². The second-order valence-corrected chi connectivity index (χ2v) is 14.9. The van der Waals surface area contributed by atoms with Crippen molar-refractivity contribution in [2.75, 3.05) is 31.6 Å². The molecule has 2 saturated heterocycles. The summed E-state index contributed by atoms with van der Waals surface area (Å²) in [6.07, 6.45) is 3.70. The zero-order chi connectivity index (χ0) is 33.2. The first kappa shape index (κ1) is 34.1. The number of thiophene rings is 1. The van der Waals surface area contributed by atoms with Gasteiger partial charge in [0, 0.05) is 46.2 Å². The lowest BCUT2D eigenvalue weighted by Gasteiger charge is -2.38. The van der Waals surface area contributed by atoms with Crippen molar-refractivity contribution in [3.05, 3.63) is 63.0 Å². The number of likely N-dealkylation sites (tertiary alicyclic amines) is 1. The summed E-state index contributed by atoms with van der Waals surface area (Å²) in [5, 5.41) is 15.6. The molecule has 0 radical (unpaired) electrons. The number of morpholine rings is 1. The maximum Gasteiger partial charge on any atom is 0.306 e. The number of nitrogens with one attached hydrogen (secondary N) is 1. The van der Waals surface area contributed by atoms with Crippen LogP contribution in [0.1, 0.15) is 61.9 Å². The van der Waals surface area contributed by atoms with E-state index in [0.717, 1.165) is 29.6 Å². The Kier molecular flexibility index (Phi) is 10.8. The summed E-state index contributed by atoms with van der Waals surface area (Å²) in [5.41, 5.74) is 1.53. The van der Waals surface area contributed by atoms with Crippen molar-refractivity contribution in [3.63, 3.8) is 0 Å². The number of amides is 2. The molecule has 2 aromatic carbocycles. The third-order valence-electron chi connectivity index (χ3n) is 9.68. The second-order valence-electron chi connectivity index (χ2n) is 13.1. The van der Waals surface area contributed by atoms with Gasteiger partial charge in [-0.25, -0.2) is 0 Å². The molecule has 2 aliphatic heterocycles. The first-order chi connectivity index (χ1) is 22.5. The van der Waals surface area contributed by atoms with E-state index in [4.69, 9.17) is 32.7 Å². The molecule has 1 aliphatic carbocycles. The van der Waals surface area contributed by atoms with Gasteiger partial charge in [0.2, 0.25) is 5.91 Å². The Morgan fingerprint density at radius 3 is 2.47 bits per heavy atom. The van der Waals surface area contributed by atoms with Gasteiger partial charge in [-0.2, -0.15) is 0 Å². The maximum absolute atomic E-state index is 13.9. The van der Waals surface area contributed by atoms with Gasteiger partial charge in [0.05, 0.1) is 59.6 Å². The van der Waals surface area contributed by atoms with Crippen molar-refractivity contribution in [3.8, 4) is 0 Å². The molecule has 0 bridgehead atoms. The molecule has 9 nitrogen and oxygen atoms in total. The van der Waals surface area contributed by atoms with E-state index in [-0.39, 0.29) is 54.5 Å². The van der Waals surface area contributed by atoms with E-state index < -0.39 is 5.97 Å². The number of carboxylic acids is 1. The molecule has 12 heteroatoms. The van der Waals surface area contributed by atoms with Gasteiger partial charge in [-0.1, -0.05) is 41.4 Å². The molecule has 4 atom stereocenters. The van der Waals surface area contributed by atoms with E-state index in [1.54, 1.807) is 12.1 Å².